The summed E-state index contributed by atoms with van der Waals surface area (Å²) in [6.07, 6.45) is 0.834. The number of nitro benzene ring substituents is 1. The van der Waals surface area contributed by atoms with Gasteiger partial charge in [0.05, 0.1) is 11.5 Å². The van der Waals surface area contributed by atoms with Crippen LogP contribution in [0.3, 0.4) is 0 Å². The van der Waals surface area contributed by atoms with Crippen LogP contribution < -0.4 is 10.6 Å². The van der Waals surface area contributed by atoms with E-state index in [1.165, 1.54) is 0 Å². The van der Waals surface area contributed by atoms with Crippen molar-refractivity contribution in [2.45, 2.75) is 39.8 Å². The number of aliphatic hydroxyl groups excluding tert-OH is 1. The second kappa shape index (κ2) is 7.38. The molecule has 0 bridgehead atoms. The molecule has 0 aromatic heterocycles. The maximum Gasteiger partial charge on any atom is 0.292 e. The topological polar surface area (TPSA) is 87.4 Å². The van der Waals surface area contributed by atoms with Gasteiger partial charge in [0.2, 0.25) is 0 Å². The summed E-state index contributed by atoms with van der Waals surface area (Å²) in [5.74, 6) is 0. The molecule has 0 saturated heterocycles. The quantitative estimate of drug-likeness (QED) is 0.531. The Balaban J connectivity index is 2.75. The Labute approximate surface area is 125 Å². The summed E-state index contributed by atoms with van der Waals surface area (Å²) < 4.78 is 0. The molecule has 6 heteroatoms. The summed E-state index contributed by atoms with van der Waals surface area (Å²) in [6.45, 7) is 6.89. The van der Waals surface area contributed by atoms with Crippen LogP contribution in [-0.4, -0.2) is 29.7 Å². The molecule has 0 heterocycles. The largest absolute Gasteiger partial charge is 0.395 e. The van der Waals surface area contributed by atoms with Gasteiger partial charge in [-0.25, -0.2) is 0 Å². The van der Waals surface area contributed by atoms with E-state index < -0.39 is 4.92 Å². The third-order valence-corrected chi connectivity index (χ3v) is 3.20. The van der Waals surface area contributed by atoms with Gasteiger partial charge in [-0.3, -0.25) is 10.1 Å². The standard InChI is InChI=1S/C15H25N3O3/c1-15(2,3)8-12(10-19)17-9-11-5-6-13(16-4)14(7-11)18(20)21/h5-7,12,16-17,19H,8-10H2,1-4H3. The number of aliphatic hydroxyl groups is 1. The number of hydrogen-bond acceptors (Lipinski definition) is 5. The molecule has 1 unspecified atom stereocenters. The molecule has 3 N–H and O–H groups in total. The van der Waals surface area contributed by atoms with Crippen molar-refractivity contribution < 1.29 is 10.0 Å². The van der Waals surface area contributed by atoms with Gasteiger partial charge in [0, 0.05) is 25.7 Å². The average Bonchev–Trinajstić information content (AvgIpc) is 2.41. The minimum atomic E-state index is -0.395. The molecule has 1 atom stereocenters. The molecule has 0 fully saturated rings. The van der Waals surface area contributed by atoms with Crippen molar-refractivity contribution in [2.24, 2.45) is 5.41 Å². The van der Waals surface area contributed by atoms with Gasteiger partial charge < -0.3 is 15.7 Å². The Morgan fingerprint density at radius 3 is 2.52 bits per heavy atom. The molecular formula is C15H25N3O3. The van der Waals surface area contributed by atoms with Crippen LogP contribution in [0.25, 0.3) is 0 Å². The Hall–Kier alpha value is -1.66. The predicted molar refractivity (Wildman–Crippen MR) is 84.4 cm³/mol. The van der Waals surface area contributed by atoms with Crippen molar-refractivity contribution in [1.82, 2.24) is 5.32 Å². The molecule has 6 nitrogen and oxygen atoms in total. The second-order valence-electron chi connectivity index (χ2n) is 6.38. The van der Waals surface area contributed by atoms with Gasteiger partial charge in [-0.1, -0.05) is 26.8 Å². The van der Waals surface area contributed by atoms with Gasteiger partial charge >= 0.3 is 0 Å². The fourth-order valence-corrected chi connectivity index (χ4v) is 2.25. The molecule has 1 aromatic rings. The van der Waals surface area contributed by atoms with E-state index in [1.54, 1.807) is 19.2 Å². The zero-order chi connectivity index (χ0) is 16.0. The molecule has 0 amide bonds. The summed E-state index contributed by atoms with van der Waals surface area (Å²) >= 11 is 0. The average molecular weight is 295 g/mol. The summed E-state index contributed by atoms with van der Waals surface area (Å²) in [5, 5.41) is 26.5. The van der Waals surface area contributed by atoms with Gasteiger partial charge in [0.15, 0.2) is 0 Å². The number of hydrogen-bond donors (Lipinski definition) is 3. The highest BCUT2D eigenvalue weighted by Crippen LogP contribution is 2.25. The SMILES string of the molecule is CNc1ccc(CNC(CO)CC(C)(C)C)cc1[N+](=O)[O-]. The van der Waals surface area contributed by atoms with E-state index in [1.807, 2.05) is 6.07 Å². The highest BCUT2D eigenvalue weighted by molar-refractivity contribution is 5.62. The monoisotopic (exact) mass is 295 g/mol. The number of nitrogens with zero attached hydrogens (tertiary/aromatic N) is 1. The maximum atomic E-state index is 11.0. The van der Waals surface area contributed by atoms with E-state index in [2.05, 4.69) is 31.4 Å². The Bertz CT molecular complexity index is 484. The van der Waals surface area contributed by atoms with E-state index in [-0.39, 0.29) is 23.8 Å². The van der Waals surface area contributed by atoms with Gasteiger partial charge in [-0.05, 0) is 23.5 Å². The first-order chi connectivity index (χ1) is 9.76. The lowest BCUT2D eigenvalue weighted by molar-refractivity contribution is -0.384. The number of nitro groups is 1. The first kappa shape index (κ1) is 17.4. The van der Waals surface area contributed by atoms with Gasteiger partial charge in [-0.15, -0.1) is 0 Å². The molecule has 1 aromatic carbocycles. The van der Waals surface area contributed by atoms with Crippen LogP contribution in [0, 0.1) is 15.5 Å². The van der Waals surface area contributed by atoms with Crippen molar-refractivity contribution in [3.8, 4) is 0 Å². The lowest BCUT2D eigenvalue weighted by Gasteiger charge is -2.25. The van der Waals surface area contributed by atoms with Crippen LogP contribution in [0.4, 0.5) is 11.4 Å². The third-order valence-electron chi connectivity index (χ3n) is 3.20. The highest BCUT2D eigenvalue weighted by Gasteiger charge is 2.18. The number of nitrogens with one attached hydrogen (secondary N) is 2. The van der Waals surface area contributed by atoms with Crippen molar-refractivity contribution in [2.75, 3.05) is 19.0 Å². The predicted octanol–water partition coefficient (Wildman–Crippen LogP) is 2.52. The van der Waals surface area contributed by atoms with E-state index in [4.69, 9.17) is 0 Å². The molecule has 0 spiro atoms. The third kappa shape index (κ3) is 5.69. The summed E-state index contributed by atoms with van der Waals surface area (Å²) in [5.41, 5.74) is 1.50. The van der Waals surface area contributed by atoms with Gasteiger partial charge in [0.25, 0.3) is 5.69 Å². The number of rotatable bonds is 7. The Morgan fingerprint density at radius 1 is 1.38 bits per heavy atom. The van der Waals surface area contributed by atoms with Crippen LogP contribution in [0.15, 0.2) is 18.2 Å². The maximum absolute atomic E-state index is 11.0. The fraction of sp³-hybridized carbons (Fsp3) is 0.600. The molecule has 1 rings (SSSR count). The number of benzene rings is 1. The van der Waals surface area contributed by atoms with E-state index >= 15 is 0 Å². The number of anilines is 1. The molecule has 118 valence electrons. The van der Waals surface area contributed by atoms with Crippen molar-refractivity contribution in [3.63, 3.8) is 0 Å². The summed E-state index contributed by atoms with van der Waals surface area (Å²) in [6, 6.07) is 5.09. The molecule has 0 aliphatic heterocycles. The van der Waals surface area contributed by atoms with E-state index in [0.717, 1.165) is 12.0 Å². The van der Waals surface area contributed by atoms with E-state index in [0.29, 0.717) is 12.2 Å². The lowest BCUT2D eigenvalue weighted by atomic mass is 9.88. The van der Waals surface area contributed by atoms with E-state index in [9.17, 15) is 15.2 Å². The van der Waals surface area contributed by atoms with Crippen LogP contribution in [0.5, 0.6) is 0 Å². The van der Waals surface area contributed by atoms with Crippen LogP contribution in [-0.2, 0) is 6.54 Å². The minimum Gasteiger partial charge on any atom is -0.395 e. The normalized spacial score (nSPS) is 13.0. The Morgan fingerprint density at radius 2 is 2.05 bits per heavy atom. The van der Waals surface area contributed by atoms with Crippen LogP contribution in [0.1, 0.15) is 32.8 Å². The first-order valence-electron chi connectivity index (χ1n) is 7.06. The summed E-state index contributed by atoms with van der Waals surface area (Å²) in [4.78, 5) is 10.6. The molecular weight excluding hydrogens is 270 g/mol. The Kier molecular flexibility index (Phi) is 6.11. The van der Waals surface area contributed by atoms with Crippen molar-refractivity contribution >= 4 is 11.4 Å². The smallest absolute Gasteiger partial charge is 0.292 e. The second-order valence-corrected chi connectivity index (χ2v) is 6.38. The zero-order valence-electron chi connectivity index (χ0n) is 13.1. The molecule has 21 heavy (non-hydrogen) atoms. The van der Waals surface area contributed by atoms with Crippen molar-refractivity contribution in [3.05, 3.63) is 33.9 Å². The molecule has 0 saturated carbocycles. The molecule has 0 radical (unpaired) electrons. The molecule has 0 aliphatic carbocycles. The van der Waals surface area contributed by atoms with Gasteiger partial charge in [-0.2, -0.15) is 0 Å². The molecule has 0 aliphatic rings. The fourth-order valence-electron chi connectivity index (χ4n) is 2.25. The first-order valence-corrected chi connectivity index (χ1v) is 7.06. The lowest BCUT2D eigenvalue weighted by Crippen LogP contribution is -2.35. The highest BCUT2D eigenvalue weighted by atomic mass is 16.6. The summed E-state index contributed by atoms with van der Waals surface area (Å²) in [7, 11) is 1.66. The zero-order valence-corrected chi connectivity index (χ0v) is 13.1. The van der Waals surface area contributed by atoms with Crippen LogP contribution in [0.2, 0.25) is 0 Å². The van der Waals surface area contributed by atoms with Crippen LogP contribution >= 0.6 is 0 Å². The van der Waals surface area contributed by atoms with Crippen molar-refractivity contribution in [1.29, 1.82) is 0 Å². The minimum absolute atomic E-state index is 0.0203. The van der Waals surface area contributed by atoms with Gasteiger partial charge in [0.1, 0.15) is 5.69 Å².